The molecule has 0 radical (unpaired) electrons. The number of hydrogen-bond acceptors (Lipinski definition) is 6. The minimum atomic E-state index is -0.192. The van der Waals surface area contributed by atoms with Crippen LogP contribution in [0.1, 0.15) is 11.3 Å². The molecule has 1 atom stereocenters. The van der Waals surface area contributed by atoms with E-state index in [9.17, 15) is 4.79 Å². The van der Waals surface area contributed by atoms with Crippen LogP contribution in [0.3, 0.4) is 0 Å². The second-order valence-corrected chi connectivity index (χ2v) is 4.42. The van der Waals surface area contributed by atoms with E-state index in [0.717, 1.165) is 11.3 Å². The molecule has 1 unspecified atom stereocenters. The number of aromatic nitrogens is 2. The van der Waals surface area contributed by atoms with Crippen LogP contribution in [-0.4, -0.2) is 28.3 Å². The summed E-state index contributed by atoms with van der Waals surface area (Å²) in [5.41, 5.74) is 7.39. The maximum atomic E-state index is 11.3. The van der Waals surface area contributed by atoms with Crippen molar-refractivity contribution < 1.29 is 9.53 Å². The number of methoxy groups -OCH3 is 1. The van der Waals surface area contributed by atoms with Crippen molar-refractivity contribution in [3.8, 4) is 0 Å². The van der Waals surface area contributed by atoms with Crippen LogP contribution in [0.4, 0.5) is 5.95 Å². The molecule has 0 aromatic carbocycles. The molecule has 2 rings (SSSR count). The monoisotopic (exact) mass is 225 g/mol. The average molecular weight is 225 g/mol. The number of hydrogen-bond donors (Lipinski definition) is 1. The second kappa shape index (κ2) is 4.06. The molecule has 0 fully saturated rings. The van der Waals surface area contributed by atoms with E-state index < -0.39 is 0 Å². The van der Waals surface area contributed by atoms with Gasteiger partial charge < -0.3 is 10.5 Å². The number of carbonyl (C=O) groups excluding carboxylic acids is 1. The van der Waals surface area contributed by atoms with Crippen LogP contribution >= 0.6 is 11.8 Å². The zero-order valence-corrected chi connectivity index (χ0v) is 9.08. The smallest absolute Gasteiger partial charge is 0.319 e. The summed E-state index contributed by atoms with van der Waals surface area (Å²) in [4.78, 5) is 19.4. The van der Waals surface area contributed by atoms with Gasteiger partial charge in [0.25, 0.3) is 0 Å². The summed E-state index contributed by atoms with van der Waals surface area (Å²) >= 11 is 1.53. The van der Waals surface area contributed by atoms with Gasteiger partial charge in [-0.05, 0) is 12.0 Å². The zero-order chi connectivity index (χ0) is 10.8. The second-order valence-electron chi connectivity index (χ2n) is 3.23. The summed E-state index contributed by atoms with van der Waals surface area (Å²) in [5.74, 6) is 0.773. The first-order valence-corrected chi connectivity index (χ1v) is 5.55. The van der Waals surface area contributed by atoms with Crippen molar-refractivity contribution in [1.29, 1.82) is 0 Å². The van der Waals surface area contributed by atoms with Gasteiger partial charge >= 0.3 is 5.97 Å². The molecule has 0 bridgehead atoms. The van der Waals surface area contributed by atoms with Crippen LogP contribution in [-0.2, 0) is 21.7 Å². The van der Waals surface area contributed by atoms with Crippen molar-refractivity contribution in [2.24, 2.45) is 0 Å². The number of rotatable bonds is 1. The first-order chi connectivity index (χ1) is 7.20. The van der Waals surface area contributed by atoms with Gasteiger partial charge in [-0.2, -0.15) is 0 Å². The third kappa shape index (κ3) is 2.04. The van der Waals surface area contributed by atoms with E-state index in [0.29, 0.717) is 12.2 Å². The predicted molar refractivity (Wildman–Crippen MR) is 57.2 cm³/mol. The quantitative estimate of drug-likeness (QED) is 0.696. The number of nitrogen functional groups attached to an aromatic ring is 1. The molecule has 0 aliphatic carbocycles. The van der Waals surface area contributed by atoms with E-state index in [1.165, 1.54) is 18.9 Å². The van der Waals surface area contributed by atoms with Gasteiger partial charge in [-0.3, -0.25) is 4.79 Å². The number of fused-ring (bicyclic) bond motifs is 1. The summed E-state index contributed by atoms with van der Waals surface area (Å²) in [6.07, 6.45) is 2.31. The minimum absolute atomic E-state index is 0.144. The van der Waals surface area contributed by atoms with Gasteiger partial charge in [-0.1, -0.05) is 0 Å². The maximum absolute atomic E-state index is 11.3. The Morgan fingerprint density at radius 2 is 2.53 bits per heavy atom. The molecular weight excluding hydrogens is 214 g/mol. The van der Waals surface area contributed by atoms with Crippen molar-refractivity contribution in [2.45, 2.75) is 17.4 Å². The molecule has 1 aliphatic rings. The fraction of sp³-hybridized carbons (Fsp3) is 0.444. The Bertz CT molecular complexity index is 397. The van der Waals surface area contributed by atoms with Crippen LogP contribution in [0, 0.1) is 0 Å². The highest BCUT2D eigenvalue weighted by Gasteiger charge is 2.26. The fourth-order valence-corrected chi connectivity index (χ4v) is 2.61. The molecule has 0 spiro atoms. The molecule has 0 amide bonds. The largest absolute Gasteiger partial charge is 0.468 e. The molecule has 1 aromatic rings. The van der Waals surface area contributed by atoms with Gasteiger partial charge in [0.1, 0.15) is 5.25 Å². The van der Waals surface area contributed by atoms with Gasteiger partial charge in [0.15, 0.2) is 0 Å². The maximum Gasteiger partial charge on any atom is 0.319 e. The molecule has 1 aliphatic heterocycles. The van der Waals surface area contributed by atoms with Crippen molar-refractivity contribution in [2.75, 3.05) is 12.8 Å². The Labute approximate surface area is 91.4 Å². The van der Waals surface area contributed by atoms with Crippen molar-refractivity contribution >= 4 is 23.7 Å². The van der Waals surface area contributed by atoms with Crippen LogP contribution in [0.2, 0.25) is 0 Å². The van der Waals surface area contributed by atoms with Gasteiger partial charge in [-0.15, -0.1) is 11.8 Å². The normalized spacial score (nSPS) is 19.4. The van der Waals surface area contributed by atoms with E-state index in [1.807, 2.05) is 0 Å². The minimum Gasteiger partial charge on any atom is -0.468 e. The van der Waals surface area contributed by atoms with Crippen LogP contribution in [0.25, 0.3) is 0 Å². The third-order valence-electron chi connectivity index (χ3n) is 2.26. The lowest BCUT2D eigenvalue weighted by Gasteiger charge is -2.20. The number of ether oxygens (including phenoxy) is 1. The number of carbonyl (C=O) groups is 1. The molecule has 2 N–H and O–H groups in total. The van der Waals surface area contributed by atoms with Crippen molar-refractivity contribution in [3.05, 3.63) is 17.5 Å². The standard InChI is InChI=1S/C9H11N3O2S/c1-14-8(13)7-2-5-3-11-9(10)12-6(5)4-15-7/h3,7H,2,4H2,1H3,(H2,10,11,12). The Balaban J connectivity index is 2.20. The topological polar surface area (TPSA) is 78.1 Å². The van der Waals surface area contributed by atoms with Crippen molar-refractivity contribution in [3.63, 3.8) is 0 Å². The lowest BCUT2D eigenvalue weighted by molar-refractivity contribution is -0.139. The lowest BCUT2D eigenvalue weighted by atomic mass is 10.1. The average Bonchev–Trinajstić information content (AvgIpc) is 2.27. The van der Waals surface area contributed by atoms with E-state index >= 15 is 0 Å². The predicted octanol–water partition coefficient (Wildman–Crippen LogP) is 0.390. The van der Waals surface area contributed by atoms with E-state index in [4.69, 9.17) is 10.5 Å². The molecule has 80 valence electrons. The number of anilines is 1. The summed E-state index contributed by atoms with van der Waals surface area (Å²) < 4.78 is 4.70. The van der Waals surface area contributed by atoms with E-state index in [1.54, 1.807) is 6.20 Å². The summed E-state index contributed by atoms with van der Waals surface area (Å²) in [6, 6.07) is 0. The molecular formula is C9H11N3O2S. The molecule has 15 heavy (non-hydrogen) atoms. The van der Waals surface area contributed by atoms with Crippen molar-refractivity contribution in [1.82, 2.24) is 9.97 Å². The highest BCUT2D eigenvalue weighted by Crippen LogP contribution is 2.29. The Hall–Kier alpha value is -1.30. The molecule has 1 aromatic heterocycles. The summed E-state index contributed by atoms with van der Waals surface area (Å²) in [7, 11) is 1.40. The Morgan fingerprint density at radius 1 is 1.73 bits per heavy atom. The van der Waals surface area contributed by atoms with Crippen LogP contribution < -0.4 is 5.73 Å². The van der Waals surface area contributed by atoms with Gasteiger partial charge in [0, 0.05) is 11.9 Å². The van der Waals surface area contributed by atoms with Gasteiger partial charge in [0.2, 0.25) is 5.95 Å². The molecule has 0 saturated heterocycles. The lowest BCUT2D eigenvalue weighted by Crippen LogP contribution is -2.25. The van der Waals surface area contributed by atoms with Crippen LogP contribution in [0.5, 0.6) is 0 Å². The molecule has 0 saturated carbocycles. The molecule has 6 heteroatoms. The number of nitrogens with two attached hydrogens (primary N) is 1. The fourth-order valence-electron chi connectivity index (χ4n) is 1.47. The highest BCUT2D eigenvalue weighted by molar-refractivity contribution is 7.99. The van der Waals surface area contributed by atoms with Gasteiger partial charge in [0.05, 0.1) is 12.8 Å². The Morgan fingerprint density at radius 3 is 3.27 bits per heavy atom. The third-order valence-corrected chi connectivity index (χ3v) is 3.47. The highest BCUT2D eigenvalue weighted by atomic mass is 32.2. The first kappa shape index (κ1) is 10.2. The first-order valence-electron chi connectivity index (χ1n) is 4.50. The molecule has 5 nitrogen and oxygen atoms in total. The summed E-state index contributed by atoms with van der Waals surface area (Å²) in [6.45, 7) is 0. The van der Waals surface area contributed by atoms with Gasteiger partial charge in [-0.25, -0.2) is 9.97 Å². The Kier molecular flexibility index (Phi) is 2.77. The number of esters is 1. The number of thioether (sulfide) groups is 1. The van der Waals surface area contributed by atoms with E-state index in [2.05, 4.69) is 9.97 Å². The number of nitrogens with zero attached hydrogens (tertiary/aromatic N) is 2. The summed E-state index contributed by atoms with van der Waals surface area (Å²) in [5, 5.41) is -0.144. The zero-order valence-electron chi connectivity index (χ0n) is 8.27. The van der Waals surface area contributed by atoms with E-state index in [-0.39, 0.29) is 17.2 Å². The molecule has 2 heterocycles. The van der Waals surface area contributed by atoms with Crippen LogP contribution in [0.15, 0.2) is 6.20 Å². The SMILES string of the molecule is COC(=O)C1Cc2cnc(N)nc2CS1.